The molecule has 3 rings (SSSR count). The maximum absolute atomic E-state index is 14.2. The highest BCUT2D eigenvalue weighted by atomic mass is 16.6. The molecule has 1 aliphatic heterocycles. The molecule has 40 heavy (non-hydrogen) atoms. The molecule has 2 aromatic carbocycles. The van der Waals surface area contributed by atoms with E-state index in [-0.39, 0.29) is 58.9 Å². The van der Waals surface area contributed by atoms with Crippen molar-refractivity contribution in [3.63, 3.8) is 0 Å². The monoisotopic (exact) mass is 558 g/mol. The van der Waals surface area contributed by atoms with Crippen LogP contribution in [-0.2, 0) is 0 Å². The number of anilines is 2. The first-order valence-corrected chi connectivity index (χ1v) is 12.9. The molecule has 14 heteroatoms. The topological polar surface area (TPSA) is 165 Å². The van der Waals surface area contributed by atoms with E-state index < -0.39 is 26.2 Å². The van der Waals surface area contributed by atoms with Crippen LogP contribution in [0.4, 0.5) is 28.4 Å². The zero-order valence-corrected chi connectivity index (χ0v) is 23.4. The van der Waals surface area contributed by atoms with E-state index in [4.69, 9.17) is 4.74 Å². The van der Waals surface area contributed by atoms with Crippen LogP contribution in [0.1, 0.15) is 50.4 Å². The third-order valence-electron chi connectivity index (χ3n) is 7.84. The average Bonchev–Trinajstić information content (AvgIpc) is 2.94. The number of carbonyl (C=O) groups excluding carboxylic acids is 1. The van der Waals surface area contributed by atoms with Gasteiger partial charge in [-0.05, 0) is 25.3 Å². The van der Waals surface area contributed by atoms with Crippen molar-refractivity contribution in [3.05, 3.63) is 66.2 Å². The quantitative estimate of drug-likeness (QED) is 0.292. The number of nitro groups is 3. The Kier molecular flexibility index (Phi) is 8.80. The van der Waals surface area contributed by atoms with Gasteiger partial charge in [0, 0.05) is 45.4 Å². The number of nitro benzene ring substituents is 3. The fourth-order valence-electron chi connectivity index (χ4n) is 5.91. The number of non-ortho nitro benzene ring substituents is 1. The van der Waals surface area contributed by atoms with Gasteiger partial charge in [-0.15, -0.1) is 0 Å². The predicted molar refractivity (Wildman–Crippen MR) is 150 cm³/mol. The number of rotatable bonds is 10. The van der Waals surface area contributed by atoms with Crippen LogP contribution in [0.5, 0.6) is 5.75 Å². The first-order chi connectivity index (χ1) is 18.9. The Hall–Kier alpha value is -4.49. The van der Waals surface area contributed by atoms with Crippen molar-refractivity contribution < 1.29 is 24.3 Å². The summed E-state index contributed by atoms with van der Waals surface area (Å²) in [6.07, 6.45) is 1.49. The molecule has 1 heterocycles. The third kappa shape index (κ3) is 5.08. The predicted octanol–water partition coefficient (Wildman–Crippen LogP) is 4.79. The van der Waals surface area contributed by atoms with E-state index in [1.165, 1.54) is 31.4 Å². The van der Waals surface area contributed by atoms with Crippen LogP contribution in [0.15, 0.2) is 30.3 Å². The summed E-state index contributed by atoms with van der Waals surface area (Å²) in [6, 6.07) is 5.90. The molecule has 0 aliphatic carbocycles. The number of hydrogen-bond donors (Lipinski definition) is 0. The summed E-state index contributed by atoms with van der Waals surface area (Å²) >= 11 is 0. The number of benzene rings is 2. The zero-order chi connectivity index (χ0) is 29.9. The summed E-state index contributed by atoms with van der Waals surface area (Å²) in [6.45, 7) is 6.15. The van der Waals surface area contributed by atoms with Crippen molar-refractivity contribution in [1.82, 2.24) is 4.90 Å². The van der Waals surface area contributed by atoms with Crippen LogP contribution < -0.4 is 14.5 Å². The summed E-state index contributed by atoms with van der Waals surface area (Å²) in [5.41, 5.74) is -1.23. The van der Waals surface area contributed by atoms with Crippen LogP contribution in [0.2, 0.25) is 0 Å². The minimum atomic E-state index is -0.806. The minimum absolute atomic E-state index is 0.0516. The Morgan fingerprint density at radius 3 is 2.08 bits per heavy atom. The molecule has 0 spiro atoms. The molecular weight excluding hydrogens is 524 g/mol. The second-order valence-electron chi connectivity index (χ2n) is 9.76. The maximum Gasteiger partial charge on any atom is 0.299 e. The van der Waals surface area contributed by atoms with Gasteiger partial charge in [0.2, 0.25) is 0 Å². The molecule has 1 fully saturated rings. The standard InChI is InChI=1S/C26H34N6O8/c1-7-24-26(8-2,9-3)29(13-12-28(24)19-11-10-17(30(34)35)14-21(19)31(36)37)25(33)18-15-22(32(38)39)20(27(4)5)16-23(18)40-6/h10-11,14-16,24H,7-9,12-13H2,1-6H3. The Balaban J connectivity index is 2.16. The first kappa shape index (κ1) is 30.1. The van der Waals surface area contributed by atoms with Gasteiger partial charge in [-0.3, -0.25) is 35.1 Å². The van der Waals surface area contributed by atoms with Gasteiger partial charge in [0.25, 0.3) is 23.0 Å². The number of hydrogen-bond acceptors (Lipinski definition) is 10. The van der Waals surface area contributed by atoms with Crippen molar-refractivity contribution in [3.8, 4) is 5.75 Å². The molecule has 1 saturated heterocycles. The van der Waals surface area contributed by atoms with Crippen molar-refractivity contribution in [2.45, 2.75) is 51.6 Å². The van der Waals surface area contributed by atoms with Crippen molar-refractivity contribution in [1.29, 1.82) is 0 Å². The summed E-state index contributed by atoms with van der Waals surface area (Å²) in [5, 5.41) is 35.1. The molecule has 1 atom stereocenters. The second-order valence-corrected chi connectivity index (χ2v) is 9.76. The summed E-state index contributed by atoms with van der Waals surface area (Å²) in [7, 11) is 4.71. The van der Waals surface area contributed by atoms with Crippen LogP contribution in [0.3, 0.4) is 0 Å². The molecule has 0 aromatic heterocycles. The minimum Gasteiger partial charge on any atom is -0.496 e. The van der Waals surface area contributed by atoms with Crippen LogP contribution in [-0.4, -0.2) is 71.5 Å². The molecular formula is C26H34N6O8. The molecule has 0 N–H and O–H groups in total. The Morgan fingerprint density at radius 1 is 0.975 bits per heavy atom. The van der Waals surface area contributed by atoms with Crippen molar-refractivity contribution >= 4 is 34.3 Å². The number of carbonyl (C=O) groups is 1. The van der Waals surface area contributed by atoms with E-state index in [0.717, 1.165) is 6.07 Å². The lowest BCUT2D eigenvalue weighted by Crippen LogP contribution is -2.69. The lowest BCUT2D eigenvalue weighted by molar-refractivity contribution is -0.393. The summed E-state index contributed by atoms with van der Waals surface area (Å²) < 4.78 is 5.50. The zero-order valence-electron chi connectivity index (χ0n) is 23.4. The van der Waals surface area contributed by atoms with Crippen LogP contribution in [0, 0.1) is 30.3 Å². The van der Waals surface area contributed by atoms with Crippen LogP contribution in [0.25, 0.3) is 0 Å². The normalized spacial score (nSPS) is 16.4. The number of methoxy groups -OCH3 is 1. The molecule has 1 amide bonds. The molecule has 14 nitrogen and oxygen atoms in total. The van der Waals surface area contributed by atoms with E-state index in [1.54, 1.807) is 23.9 Å². The summed E-state index contributed by atoms with van der Waals surface area (Å²) in [5.74, 6) is -0.243. The molecule has 1 aliphatic rings. The van der Waals surface area contributed by atoms with E-state index >= 15 is 0 Å². The van der Waals surface area contributed by atoms with Gasteiger partial charge in [0.1, 0.15) is 17.1 Å². The second kappa shape index (κ2) is 11.7. The molecule has 216 valence electrons. The lowest BCUT2D eigenvalue weighted by atomic mass is 9.77. The molecule has 1 unspecified atom stereocenters. The van der Waals surface area contributed by atoms with Gasteiger partial charge in [-0.25, -0.2) is 0 Å². The van der Waals surface area contributed by atoms with Gasteiger partial charge in [0.15, 0.2) is 0 Å². The van der Waals surface area contributed by atoms with Crippen molar-refractivity contribution in [2.24, 2.45) is 0 Å². The Morgan fingerprint density at radius 2 is 1.60 bits per heavy atom. The number of amides is 1. The average molecular weight is 559 g/mol. The van der Waals surface area contributed by atoms with E-state index in [0.29, 0.717) is 19.3 Å². The van der Waals surface area contributed by atoms with E-state index in [9.17, 15) is 35.1 Å². The smallest absolute Gasteiger partial charge is 0.299 e. The highest BCUT2D eigenvalue weighted by molar-refractivity contribution is 5.99. The SMILES string of the molecule is CCC1N(c2ccc([N+](=O)[O-])cc2[N+](=O)[O-])CCN(C(=O)c2cc([N+](=O)[O-])c(N(C)C)cc2OC)C1(CC)CC. The van der Waals surface area contributed by atoms with E-state index in [1.807, 2.05) is 25.7 Å². The van der Waals surface area contributed by atoms with Gasteiger partial charge >= 0.3 is 0 Å². The fraction of sp³-hybridized carbons (Fsp3) is 0.500. The summed E-state index contributed by atoms with van der Waals surface area (Å²) in [4.78, 5) is 52.5. The molecule has 2 aromatic rings. The molecule has 0 radical (unpaired) electrons. The van der Waals surface area contributed by atoms with Gasteiger partial charge < -0.3 is 19.4 Å². The van der Waals surface area contributed by atoms with Crippen LogP contribution >= 0.6 is 0 Å². The number of nitrogens with zero attached hydrogens (tertiary/aromatic N) is 6. The lowest BCUT2D eigenvalue weighted by Gasteiger charge is -2.56. The number of piperazine rings is 1. The maximum atomic E-state index is 14.2. The van der Waals surface area contributed by atoms with Crippen molar-refractivity contribution in [2.75, 3.05) is 44.1 Å². The highest BCUT2D eigenvalue weighted by Crippen LogP contribution is 2.44. The van der Waals surface area contributed by atoms with E-state index in [2.05, 4.69) is 0 Å². The highest BCUT2D eigenvalue weighted by Gasteiger charge is 2.50. The first-order valence-electron chi connectivity index (χ1n) is 12.9. The third-order valence-corrected chi connectivity index (χ3v) is 7.84. The Bertz CT molecular complexity index is 1330. The molecule has 0 saturated carbocycles. The van der Waals surface area contributed by atoms with Gasteiger partial charge in [0.05, 0.1) is 45.1 Å². The largest absolute Gasteiger partial charge is 0.496 e. The Labute approximate surface area is 231 Å². The van der Waals surface area contributed by atoms with Gasteiger partial charge in [-0.2, -0.15) is 0 Å². The number of ether oxygens (including phenoxy) is 1. The fourth-order valence-corrected chi connectivity index (χ4v) is 5.91. The molecule has 0 bridgehead atoms. The van der Waals surface area contributed by atoms with Gasteiger partial charge in [-0.1, -0.05) is 20.8 Å².